The minimum absolute atomic E-state index is 0.000356. The van der Waals surface area contributed by atoms with Crippen molar-refractivity contribution in [2.24, 2.45) is 0 Å². The van der Waals surface area contributed by atoms with Crippen molar-refractivity contribution in [3.8, 4) is 50.6 Å². The van der Waals surface area contributed by atoms with Crippen molar-refractivity contribution in [1.82, 2.24) is 4.57 Å². The molecule has 10 rings (SSSR count). The minimum Gasteiger partial charge on any atom is -0.453 e. The highest BCUT2D eigenvalue weighted by Crippen LogP contribution is 2.48. The molecule has 264 valence electrons. The van der Waals surface area contributed by atoms with Gasteiger partial charge >= 0.3 is 0 Å². The number of aromatic nitrogens is 1. The van der Waals surface area contributed by atoms with Crippen LogP contribution in [0.2, 0.25) is 0 Å². The third-order valence-corrected chi connectivity index (χ3v) is 10.9. The van der Waals surface area contributed by atoms with E-state index in [1.807, 2.05) is 0 Å². The van der Waals surface area contributed by atoms with E-state index in [2.05, 4.69) is 218 Å². The monoisotopic (exact) mass is 708 g/mol. The second kappa shape index (κ2) is 12.9. The molecule has 9 aromatic rings. The Kier molecular flexibility index (Phi) is 7.71. The van der Waals surface area contributed by atoms with E-state index in [9.17, 15) is 0 Å². The lowest BCUT2D eigenvalue weighted by Crippen LogP contribution is -2.12. The van der Waals surface area contributed by atoms with Crippen LogP contribution in [0.3, 0.4) is 0 Å². The lowest BCUT2D eigenvalue weighted by Gasteiger charge is -2.26. The fraction of sp³-hybridized carbons (Fsp3) is 0.0769. The number of ether oxygens (including phenoxy) is 1. The van der Waals surface area contributed by atoms with Crippen LogP contribution in [-0.2, 0) is 5.41 Å². The average Bonchev–Trinajstić information content (AvgIpc) is 3.57. The van der Waals surface area contributed by atoms with Crippen LogP contribution in [0.15, 0.2) is 188 Å². The van der Waals surface area contributed by atoms with Crippen molar-refractivity contribution in [3.05, 3.63) is 194 Å². The van der Waals surface area contributed by atoms with Crippen LogP contribution in [0.1, 0.15) is 26.3 Å². The average molecular weight is 709 g/mol. The zero-order valence-corrected chi connectivity index (χ0v) is 31.2. The molecular weight excluding hydrogens is 669 g/mol. The van der Waals surface area contributed by atoms with Crippen LogP contribution in [0, 0.1) is 0 Å². The van der Waals surface area contributed by atoms with Crippen molar-refractivity contribution in [2.75, 3.05) is 4.90 Å². The lowest BCUT2D eigenvalue weighted by molar-refractivity contribution is 0.473. The van der Waals surface area contributed by atoms with Gasteiger partial charge in [-0.3, -0.25) is 0 Å². The Morgan fingerprint density at radius 3 is 1.44 bits per heavy atom. The number of hydrogen-bond donors (Lipinski definition) is 0. The molecule has 1 aromatic heterocycles. The zero-order chi connectivity index (χ0) is 37.1. The van der Waals surface area contributed by atoms with Gasteiger partial charge in [-0.05, 0) is 111 Å². The molecule has 0 saturated carbocycles. The Morgan fingerprint density at radius 2 is 0.891 bits per heavy atom. The van der Waals surface area contributed by atoms with E-state index >= 15 is 0 Å². The topological polar surface area (TPSA) is 17.4 Å². The summed E-state index contributed by atoms with van der Waals surface area (Å²) >= 11 is 0. The molecule has 0 bridgehead atoms. The molecule has 0 unspecified atom stereocenters. The van der Waals surface area contributed by atoms with Crippen molar-refractivity contribution >= 4 is 38.9 Å². The summed E-state index contributed by atoms with van der Waals surface area (Å²) in [5, 5.41) is 2.47. The van der Waals surface area contributed by atoms with Gasteiger partial charge in [-0.15, -0.1) is 0 Å². The molecule has 0 N–H and O–H groups in total. The van der Waals surface area contributed by atoms with E-state index < -0.39 is 0 Å². The molecular formula is C52H40N2O. The highest BCUT2D eigenvalue weighted by molar-refractivity contribution is 6.12. The van der Waals surface area contributed by atoms with Crippen LogP contribution in [0.5, 0.6) is 11.5 Å². The molecule has 8 aromatic carbocycles. The Labute approximate surface area is 322 Å². The van der Waals surface area contributed by atoms with Gasteiger partial charge in [0.2, 0.25) is 0 Å². The molecule has 0 saturated heterocycles. The summed E-state index contributed by atoms with van der Waals surface area (Å²) in [6, 6.07) is 67.6. The van der Waals surface area contributed by atoms with Crippen molar-refractivity contribution in [2.45, 2.75) is 26.2 Å². The maximum atomic E-state index is 6.70. The molecule has 2 heterocycles. The van der Waals surface area contributed by atoms with E-state index in [-0.39, 0.29) is 5.41 Å². The van der Waals surface area contributed by atoms with E-state index in [1.54, 1.807) is 0 Å². The van der Waals surface area contributed by atoms with E-state index in [4.69, 9.17) is 4.74 Å². The molecule has 0 spiro atoms. The van der Waals surface area contributed by atoms with Gasteiger partial charge in [0.15, 0.2) is 11.5 Å². The summed E-state index contributed by atoms with van der Waals surface area (Å²) in [7, 11) is 0. The molecule has 0 atom stereocenters. The van der Waals surface area contributed by atoms with Crippen LogP contribution in [0.4, 0.5) is 17.1 Å². The standard InChI is InChI=1S/C52H40N2O/c1-52(2,3)41-33-46-45-16-10-11-17-47(45)54-48-32-40(24-31-49(48)55-50(34-41)51(46)54)39-22-29-44(30-23-39)53(42-25-18-37(19-26-42)35-12-6-4-7-13-35)43-27-20-38(21-28-43)36-14-8-5-9-15-36/h4-34H,1-3H3. The van der Waals surface area contributed by atoms with E-state index in [0.29, 0.717) is 0 Å². The number of benzene rings is 8. The maximum absolute atomic E-state index is 6.70. The first-order valence-corrected chi connectivity index (χ1v) is 19.0. The van der Waals surface area contributed by atoms with Crippen LogP contribution in [-0.4, -0.2) is 4.57 Å². The molecule has 0 radical (unpaired) electrons. The summed E-state index contributed by atoms with van der Waals surface area (Å²) in [5.74, 6) is 1.78. The summed E-state index contributed by atoms with van der Waals surface area (Å²) < 4.78 is 9.09. The molecule has 3 heteroatoms. The van der Waals surface area contributed by atoms with E-state index in [1.165, 1.54) is 44.1 Å². The summed E-state index contributed by atoms with van der Waals surface area (Å²) in [6.07, 6.45) is 0. The molecule has 1 aliphatic rings. The number of para-hydroxylation sites is 1. The third kappa shape index (κ3) is 5.77. The second-order valence-corrected chi connectivity index (χ2v) is 15.5. The fourth-order valence-corrected chi connectivity index (χ4v) is 8.02. The first-order chi connectivity index (χ1) is 26.9. The van der Waals surface area contributed by atoms with Gasteiger partial charge in [0, 0.05) is 27.8 Å². The third-order valence-electron chi connectivity index (χ3n) is 10.9. The highest BCUT2D eigenvalue weighted by atomic mass is 16.5. The lowest BCUT2D eigenvalue weighted by atomic mass is 9.86. The SMILES string of the molecule is CC(C)(C)c1cc2c3c(c1)c1ccccc1n3-c1cc(-c3ccc(N(c4ccc(-c5ccccc5)cc4)c4ccc(-c5ccccc5)cc4)cc3)ccc1O2. The summed E-state index contributed by atoms with van der Waals surface area (Å²) in [5.41, 5.74) is 15.0. The minimum atomic E-state index is 0.000356. The fourth-order valence-electron chi connectivity index (χ4n) is 8.02. The number of anilines is 3. The van der Waals surface area contributed by atoms with Crippen LogP contribution in [0.25, 0.3) is 60.9 Å². The summed E-state index contributed by atoms with van der Waals surface area (Å²) in [4.78, 5) is 2.33. The first kappa shape index (κ1) is 32.8. The van der Waals surface area contributed by atoms with Crippen molar-refractivity contribution in [1.29, 1.82) is 0 Å². The van der Waals surface area contributed by atoms with Gasteiger partial charge in [0.05, 0.1) is 16.7 Å². The quantitative estimate of drug-likeness (QED) is 0.171. The Hall–Kier alpha value is -6.84. The van der Waals surface area contributed by atoms with Gasteiger partial charge in [-0.25, -0.2) is 0 Å². The Balaban J connectivity index is 1.04. The maximum Gasteiger partial charge on any atom is 0.152 e. The van der Waals surface area contributed by atoms with Crippen molar-refractivity contribution < 1.29 is 4.74 Å². The smallest absolute Gasteiger partial charge is 0.152 e. The predicted molar refractivity (Wildman–Crippen MR) is 231 cm³/mol. The second-order valence-electron chi connectivity index (χ2n) is 15.5. The van der Waals surface area contributed by atoms with Gasteiger partial charge in [0.25, 0.3) is 0 Å². The van der Waals surface area contributed by atoms with Crippen molar-refractivity contribution in [3.63, 3.8) is 0 Å². The molecule has 1 aliphatic heterocycles. The largest absolute Gasteiger partial charge is 0.453 e. The number of rotatable bonds is 6. The first-order valence-electron chi connectivity index (χ1n) is 19.0. The van der Waals surface area contributed by atoms with Gasteiger partial charge < -0.3 is 14.2 Å². The molecule has 55 heavy (non-hydrogen) atoms. The highest BCUT2D eigenvalue weighted by Gasteiger charge is 2.27. The summed E-state index contributed by atoms with van der Waals surface area (Å²) in [6.45, 7) is 6.78. The van der Waals surface area contributed by atoms with Crippen LogP contribution < -0.4 is 9.64 Å². The zero-order valence-electron chi connectivity index (χ0n) is 31.2. The van der Waals surface area contributed by atoms with Gasteiger partial charge in [-0.1, -0.05) is 142 Å². The molecule has 3 nitrogen and oxygen atoms in total. The number of nitrogens with zero attached hydrogens (tertiary/aromatic N) is 2. The van der Waals surface area contributed by atoms with Crippen LogP contribution >= 0.6 is 0 Å². The van der Waals surface area contributed by atoms with E-state index in [0.717, 1.165) is 50.9 Å². The molecule has 0 aliphatic carbocycles. The molecule has 0 amide bonds. The number of fused-ring (bicyclic) bond motifs is 5. The Bertz CT molecular complexity index is 2750. The number of hydrogen-bond acceptors (Lipinski definition) is 2. The van der Waals surface area contributed by atoms with Gasteiger partial charge in [-0.2, -0.15) is 0 Å². The van der Waals surface area contributed by atoms with Gasteiger partial charge in [0.1, 0.15) is 0 Å². The normalized spacial score (nSPS) is 12.1. The predicted octanol–water partition coefficient (Wildman–Crippen LogP) is 14.7. The molecule has 0 fully saturated rings. The Morgan fingerprint density at radius 1 is 0.418 bits per heavy atom.